The molecular weight excluding hydrogens is 216 g/mol. The third-order valence-electron chi connectivity index (χ3n) is 2.72. The first-order chi connectivity index (χ1) is 7.86. The van der Waals surface area contributed by atoms with Crippen LogP contribution in [0, 0.1) is 5.41 Å². The number of hydrogen-bond donors (Lipinski definition) is 1. The third kappa shape index (κ3) is 3.66. The van der Waals surface area contributed by atoms with E-state index >= 15 is 0 Å². The fourth-order valence-electron chi connectivity index (χ4n) is 1.69. The molecule has 0 bridgehead atoms. The summed E-state index contributed by atoms with van der Waals surface area (Å²) < 4.78 is 1.97. The Hall–Kier alpha value is -1.16. The van der Waals surface area contributed by atoms with Crippen molar-refractivity contribution in [2.45, 2.75) is 53.2 Å². The van der Waals surface area contributed by atoms with E-state index in [-0.39, 0.29) is 12.2 Å². The zero-order valence-corrected chi connectivity index (χ0v) is 11.1. The summed E-state index contributed by atoms with van der Waals surface area (Å²) in [5.41, 5.74) is -0.417. The Labute approximate surface area is 103 Å². The van der Waals surface area contributed by atoms with Gasteiger partial charge in [0.05, 0.1) is 6.42 Å². The van der Waals surface area contributed by atoms with E-state index in [1.165, 1.54) is 0 Å². The maximum absolute atomic E-state index is 11.9. The zero-order chi connectivity index (χ0) is 13.1. The third-order valence-corrected chi connectivity index (χ3v) is 2.72. The molecule has 96 valence electrons. The van der Waals surface area contributed by atoms with Gasteiger partial charge in [-0.25, -0.2) is 4.98 Å². The topological polar surface area (TPSA) is 55.1 Å². The van der Waals surface area contributed by atoms with Gasteiger partial charge < -0.3 is 9.67 Å². The van der Waals surface area contributed by atoms with Crippen LogP contribution in [-0.4, -0.2) is 26.5 Å². The summed E-state index contributed by atoms with van der Waals surface area (Å²) in [5, 5.41) is 9.89. The van der Waals surface area contributed by atoms with E-state index in [0.29, 0.717) is 0 Å². The molecule has 1 rings (SSSR count). The number of nitrogens with zero attached hydrogens (tertiary/aromatic N) is 2. The first-order valence-corrected chi connectivity index (χ1v) is 6.07. The molecule has 0 amide bonds. The number of carbonyl (C=O) groups excluding carboxylic acids is 1. The predicted molar refractivity (Wildman–Crippen MR) is 66.7 cm³/mol. The molecule has 0 aliphatic heterocycles. The molecule has 17 heavy (non-hydrogen) atoms. The fourth-order valence-corrected chi connectivity index (χ4v) is 1.69. The first kappa shape index (κ1) is 13.9. The molecule has 0 saturated heterocycles. The predicted octanol–water partition coefficient (Wildman–Crippen LogP) is 1.81. The maximum atomic E-state index is 11.9. The van der Waals surface area contributed by atoms with Crippen molar-refractivity contribution in [3.05, 3.63) is 18.2 Å². The number of ketones is 1. The quantitative estimate of drug-likeness (QED) is 0.851. The molecule has 0 fully saturated rings. The lowest BCUT2D eigenvalue weighted by Crippen LogP contribution is -2.35. The minimum Gasteiger partial charge on any atom is -0.385 e. The van der Waals surface area contributed by atoms with Crippen LogP contribution in [0.4, 0.5) is 0 Å². The van der Waals surface area contributed by atoms with Crippen molar-refractivity contribution < 1.29 is 9.90 Å². The van der Waals surface area contributed by atoms with Crippen LogP contribution in [0.1, 0.15) is 39.9 Å². The highest BCUT2D eigenvalue weighted by Gasteiger charge is 2.29. The van der Waals surface area contributed by atoms with E-state index in [2.05, 4.69) is 11.9 Å². The van der Waals surface area contributed by atoms with Crippen LogP contribution >= 0.6 is 0 Å². The monoisotopic (exact) mass is 238 g/mol. The Balaban J connectivity index is 2.71. The van der Waals surface area contributed by atoms with Crippen molar-refractivity contribution in [2.75, 3.05) is 0 Å². The Bertz CT molecular complexity index is 377. The molecule has 1 aromatic heterocycles. The average Bonchev–Trinajstić information content (AvgIpc) is 2.64. The summed E-state index contributed by atoms with van der Waals surface area (Å²) in [6.07, 6.45) is 3.83. The highest BCUT2D eigenvalue weighted by atomic mass is 16.3. The number of aromatic nitrogens is 2. The Morgan fingerprint density at radius 2 is 2.18 bits per heavy atom. The first-order valence-electron chi connectivity index (χ1n) is 6.07. The molecule has 0 saturated carbocycles. The normalized spacial score (nSPS) is 13.7. The minimum atomic E-state index is -0.936. The summed E-state index contributed by atoms with van der Waals surface area (Å²) in [5.74, 6) is 0.571. The molecule has 4 nitrogen and oxygen atoms in total. The van der Waals surface area contributed by atoms with Crippen LogP contribution in [0.5, 0.6) is 0 Å². The number of imidazole rings is 1. The SMILES string of the molecule is CCCn1ccnc1CC(=O)C(O)C(C)(C)C. The molecule has 1 heterocycles. The van der Waals surface area contributed by atoms with Crippen molar-refractivity contribution in [3.8, 4) is 0 Å². The number of hydrogen-bond acceptors (Lipinski definition) is 3. The molecule has 1 aromatic rings. The smallest absolute Gasteiger partial charge is 0.169 e. The second kappa shape index (κ2) is 5.45. The fraction of sp³-hybridized carbons (Fsp3) is 0.692. The summed E-state index contributed by atoms with van der Waals surface area (Å²) in [7, 11) is 0. The minimum absolute atomic E-state index is 0.166. The Morgan fingerprint density at radius 1 is 1.53 bits per heavy atom. The summed E-state index contributed by atoms with van der Waals surface area (Å²) >= 11 is 0. The van der Waals surface area contributed by atoms with Crippen molar-refractivity contribution in [1.82, 2.24) is 9.55 Å². The molecule has 0 aliphatic carbocycles. The van der Waals surface area contributed by atoms with Crippen LogP contribution in [0.2, 0.25) is 0 Å². The lowest BCUT2D eigenvalue weighted by atomic mass is 9.86. The van der Waals surface area contributed by atoms with Crippen LogP contribution in [-0.2, 0) is 17.8 Å². The molecule has 1 unspecified atom stereocenters. The number of aliphatic hydroxyl groups excluding tert-OH is 1. The summed E-state index contributed by atoms with van der Waals surface area (Å²) in [4.78, 5) is 16.1. The van der Waals surface area contributed by atoms with Gasteiger partial charge in [0.1, 0.15) is 11.9 Å². The summed E-state index contributed by atoms with van der Waals surface area (Å²) in [6.45, 7) is 8.50. The second-order valence-corrected chi connectivity index (χ2v) is 5.45. The van der Waals surface area contributed by atoms with Gasteiger partial charge in [0.2, 0.25) is 0 Å². The van der Waals surface area contributed by atoms with Crippen molar-refractivity contribution >= 4 is 5.78 Å². The number of carbonyl (C=O) groups is 1. The van der Waals surface area contributed by atoms with E-state index < -0.39 is 11.5 Å². The van der Waals surface area contributed by atoms with Gasteiger partial charge in [-0.3, -0.25) is 4.79 Å². The van der Waals surface area contributed by atoms with Crippen LogP contribution in [0.25, 0.3) is 0 Å². The molecule has 0 radical (unpaired) electrons. The molecule has 4 heteroatoms. The average molecular weight is 238 g/mol. The Morgan fingerprint density at radius 3 is 2.71 bits per heavy atom. The van der Waals surface area contributed by atoms with Gasteiger partial charge in [0, 0.05) is 18.9 Å². The van der Waals surface area contributed by atoms with E-state index in [1.54, 1.807) is 6.20 Å². The van der Waals surface area contributed by atoms with Gasteiger partial charge >= 0.3 is 0 Å². The molecule has 1 atom stereocenters. The molecular formula is C13H22N2O2. The van der Waals surface area contributed by atoms with E-state index in [0.717, 1.165) is 18.8 Å². The highest BCUT2D eigenvalue weighted by molar-refractivity contribution is 5.85. The van der Waals surface area contributed by atoms with Gasteiger partial charge in [-0.2, -0.15) is 0 Å². The van der Waals surface area contributed by atoms with Crippen LogP contribution in [0.3, 0.4) is 0 Å². The van der Waals surface area contributed by atoms with Gasteiger partial charge in [-0.05, 0) is 11.8 Å². The van der Waals surface area contributed by atoms with E-state index in [4.69, 9.17) is 0 Å². The molecule has 0 spiro atoms. The number of rotatable bonds is 5. The molecule has 0 aromatic carbocycles. The lowest BCUT2D eigenvalue weighted by molar-refractivity contribution is -0.131. The number of Topliss-reactive ketones (excluding diaryl/α,β-unsaturated/α-hetero) is 1. The number of aliphatic hydroxyl groups is 1. The van der Waals surface area contributed by atoms with Gasteiger partial charge in [0.25, 0.3) is 0 Å². The van der Waals surface area contributed by atoms with Crippen molar-refractivity contribution in [3.63, 3.8) is 0 Å². The van der Waals surface area contributed by atoms with Gasteiger partial charge in [0.15, 0.2) is 5.78 Å². The maximum Gasteiger partial charge on any atom is 0.169 e. The van der Waals surface area contributed by atoms with Gasteiger partial charge in [-0.1, -0.05) is 27.7 Å². The largest absolute Gasteiger partial charge is 0.385 e. The lowest BCUT2D eigenvalue weighted by Gasteiger charge is -2.24. The van der Waals surface area contributed by atoms with E-state index in [1.807, 2.05) is 31.5 Å². The van der Waals surface area contributed by atoms with Crippen LogP contribution < -0.4 is 0 Å². The van der Waals surface area contributed by atoms with Crippen LogP contribution in [0.15, 0.2) is 12.4 Å². The standard InChI is InChI=1S/C13H22N2O2/c1-5-7-15-8-6-14-11(15)9-10(16)12(17)13(2,3)4/h6,8,12,17H,5,7,9H2,1-4H3. The van der Waals surface area contributed by atoms with Crippen molar-refractivity contribution in [2.24, 2.45) is 5.41 Å². The van der Waals surface area contributed by atoms with Crippen molar-refractivity contribution in [1.29, 1.82) is 0 Å². The molecule has 1 N–H and O–H groups in total. The molecule has 0 aliphatic rings. The van der Waals surface area contributed by atoms with Gasteiger partial charge in [-0.15, -0.1) is 0 Å². The zero-order valence-electron chi connectivity index (χ0n) is 11.1. The second-order valence-electron chi connectivity index (χ2n) is 5.45. The summed E-state index contributed by atoms with van der Waals surface area (Å²) in [6, 6.07) is 0. The number of aryl methyl sites for hydroxylation is 1. The highest BCUT2D eigenvalue weighted by Crippen LogP contribution is 2.20. The Kier molecular flexibility index (Phi) is 4.46. The van der Waals surface area contributed by atoms with E-state index in [9.17, 15) is 9.90 Å².